The summed E-state index contributed by atoms with van der Waals surface area (Å²) in [6.45, 7) is 3.53. The van der Waals surface area contributed by atoms with Gasteiger partial charge in [0.1, 0.15) is 0 Å². The molecule has 2 saturated heterocycles. The molecule has 0 radical (unpaired) electrons. The predicted octanol–water partition coefficient (Wildman–Crippen LogP) is 0.959. The van der Waals surface area contributed by atoms with E-state index < -0.39 is 10.0 Å². The average Bonchev–Trinajstić information content (AvgIpc) is 2.31. The van der Waals surface area contributed by atoms with E-state index in [4.69, 9.17) is 4.74 Å². The van der Waals surface area contributed by atoms with Crippen LogP contribution in [0.15, 0.2) is 0 Å². The Morgan fingerprint density at radius 2 is 1.90 bits per heavy atom. The van der Waals surface area contributed by atoms with Crippen molar-refractivity contribution in [2.45, 2.75) is 50.6 Å². The Kier molecular flexibility index (Phi) is 4.10. The van der Waals surface area contributed by atoms with Crippen LogP contribution < -0.4 is 4.72 Å². The number of ether oxygens (including phenoxy) is 1. The Labute approximate surface area is 122 Å². The van der Waals surface area contributed by atoms with Crippen LogP contribution in [0.25, 0.3) is 0 Å². The third-order valence-corrected chi connectivity index (χ3v) is 6.22. The van der Waals surface area contributed by atoms with E-state index in [1.54, 1.807) is 0 Å². The summed E-state index contributed by atoms with van der Waals surface area (Å²) in [6.07, 6.45) is 8.50. The van der Waals surface area contributed by atoms with Crippen molar-refractivity contribution in [1.29, 1.82) is 0 Å². The molecule has 1 atom stereocenters. The molecule has 2 aliphatic heterocycles. The van der Waals surface area contributed by atoms with Crippen LogP contribution in [0.5, 0.6) is 0 Å². The number of nitrogens with zero attached hydrogens (tertiary/aromatic N) is 1. The van der Waals surface area contributed by atoms with Crippen LogP contribution in [0.1, 0.15) is 38.5 Å². The molecular weight excluding hydrogens is 276 g/mol. The van der Waals surface area contributed by atoms with Gasteiger partial charge in [0.05, 0.1) is 18.9 Å². The number of hydrogen-bond acceptors (Lipinski definition) is 4. The maximum Gasteiger partial charge on any atom is 0.209 e. The van der Waals surface area contributed by atoms with Crippen molar-refractivity contribution in [3.63, 3.8) is 0 Å². The molecule has 6 heteroatoms. The molecular formula is C14H26N2O3S. The first-order chi connectivity index (χ1) is 9.49. The highest BCUT2D eigenvalue weighted by Gasteiger charge is 2.45. The quantitative estimate of drug-likeness (QED) is 0.843. The first kappa shape index (κ1) is 14.8. The maximum atomic E-state index is 11.6. The first-order valence-corrected chi connectivity index (χ1v) is 9.67. The molecule has 2 heterocycles. The lowest BCUT2D eigenvalue weighted by Gasteiger charge is -2.51. The molecule has 1 N–H and O–H groups in total. The summed E-state index contributed by atoms with van der Waals surface area (Å²) in [7, 11) is -3.17. The topological polar surface area (TPSA) is 58.6 Å². The van der Waals surface area contributed by atoms with Gasteiger partial charge < -0.3 is 9.64 Å². The molecule has 0 aromatic carbocycles. The van der Waals surface area contributed by atoms with Gasteiger partial charge in [0.25, 0.3) is 0 Å². The molecule has 116 valence electrons. The van der Waals surface area contributed by atoms with Crippen LogP contribution in [0.3, 0.4) is 0 Å². The smallest absolute Gasteiger partial charge is 0.209 e. The maximum absolute atomic E-state index is 11.6. The van der Waals surface area contributed by atoms with E-state index in [9.17, 15) is 8.42 Å². The molecule has 20 heavy (non-hydrogen) atoms. The van der Waals surface area contributed by atoms with Crippen molar-refractivity contribution in [2.24, 2.45) is 5.41 Å². The van der Waals surface area contributed by atoms with E-state index in [0.29, 0.717) is 6.61 Å². The van der Waals surface area contributed by atoms with E-state index in [0.717, 1.165) is 45.0 Å². The zero-order valence-electron chi connectivity index (χ0n) is 12.3. The van der Waals surface area contributed by atoms with Gasteiger partial charge in [-0.15, -0.1) is 0 Å². The lowest BCUT2D eigenvalue weighted by Crippen LogP contribution is -2.58. The molecule has 1 aliphatic carbocycles. The van der Waals surface area contributed by atoms with Crippen molar-refractivity contribution in [2.75, 3.05) is 32.6 Å². The van der Waals surface area contributed by atoms with E-state index in [2.05, 4.69) is 9.62 Å². The van der Waals surface area contributed by atoms with Gasteiger partial charge >= 0.3 is 0 Å². The Morgan fingerprint density at radius 3 is 2.45 bits per heavy atom. The highest BCUT2D eigenvalue weighted by atomic mass is 32.2. The van der Waals surface area contributed by atoms with Crippen molar-refractivity contribution < 1.29 is 13.2 Å². The number of rotatable bonds is 3. The fraction of sp³-hybridized carbons (Fsp3) is 1.00. The summed E-state index contributed by atoms with van der Waals surface area (Å²) in [5, 5.41) is 0. The summed E-state index contributed by atoms with van der Waals surface area (Å²) >= 11 is 0. The molecule has 3 fully saturated rings. The molecule has 1 unspecified atom stereocenters. The van der Waals surface area contributed by atoms with Crippen molar-refractivity contribution >= 4 is 10.0 Å². The van der Waals surface area contributed by atoms with Gasteiger partial charge in [0.2, 0.25) is 10.0 Å². The average molecular weight is 302 g/mol. The van der Waals surface area contributed by atoms with Gasteiger partial charge in [-0.05, 0) is 50.6 Å². The normalized spacial score (nSPS) is 32.1. The third kappa shape index (κ3) is 3.03. The van der Waals surface area contributed by atoms with Gasteiger partial charge in [0, 0.05) is 12.6 Å². The summed E-state index contributed by atoms with van der Waals surface area (Å²) in [4.78, 5) is 2.61. The predicted molar refractivity (Wildman–Crippen MR) is 78.1 cm³/mol. The zero-order chi connectivity index (χ0) is 14.2. The van der Waals surface area contributed by atoms with Gasteiger partial charge in [0.15, 0.2) is 0 Å². The van der Waals surface area contributed by atoms with Crippen LogP contribution >= 0.6 is 0 Å². The number of nitrogens with one attached hydrogen (secondary N) is 1. The highest BCUT2D eigenvalue weighted by Crippen LogP contribution is 2.42. The number of hydrogen-bond donors (Lipinski definition) is 1. The largest absolute Gasteiger partial charge is 0.380 e. The lowest BCUT2D eigenvalue weighted by molar-refractivity contribution is -0.0544. The van der Waals surface area contributed by atoms with E-state index in [1.165, 1.54) is 25.5 Å². The second kappa shape index (κ2) is 5.55. The third-order valence-electron chi connectivity index (χ3n) is 5.51. The molecule has 0 aromatic heterocycles. The van der Waals surface area contributed by atoms with Crippen LogP contribution in [-0.2, 0) is 14.8 Å². The van der Waals surface area contributed by atoms with E-state index in [-0.39, 0.29) is 11.5 Å². The summed E-state index contributed by atoms with van der Waals surface area (Å²) in [5.41, 5.74) is 0.113. The monoisotopic (exact) mass is 302 g/mol. The van der Waals surface area contributed by atoms with Gasteiger partial charge in [-0.25, -0.2) is 13.1 Å². The molecule has 0 amide bonds. The fourth-order valence-electron chi connectivity index (χ4n) is 3.93. The lowest BCUT2D eigenvalue weighted by atomic mass is 9.69. The molecule has 5 nitrogen and oxygen atoms in total. The minimum atomic E-state index is -3.17. The molecule has 3 rings (SSSR count). The zero-order valence-corrected chi connectivity index (χ0v) is 13.1. The van der Waals surface area contributed by atoms with Crippen molar-refractivity contribution in [3.05, 3.63) is 0 Å². The standard InChI is InChI=1S/C14H26N2O3S/c1-20(17,18)15-13-11-19-10-7-14(13)5-8-16(9-6-14)12-3-2-4-12/h12-13,15H,2-11H2,1H3. The Hall–Kier alpha value is -0.170. The summed E-state index contributed by atoms with van der Waals surface area (Å²) < 4.78 is 31.5. The first-order valence-electron chi connectivity index (χ1n) is 7.78. The molecule has 0 bridgehead atoms. The molecule has 1 saturated carbocycles. The number of piperidine rings is 1. The second-order valence-corrected chi connectivity index (χ2v) is 8.53. The van der Waals surface area contributed by atoms with Crippen molar-refractivity contribution in [1.82, 2.24) is 9.62 Å². The van der Waals surface area contributed by atoms with E-state index >= 15 is 0 Å². The fourth-order valence-corrected chi connectivity index (χ4v) is 4.76. The Morgan fingerprint density at radius 1 is 1.20 bits per heavy atom. The SMILES string of the molecule is CS(=O)(=O)NC1COCCC12CCN(C1CCC1)CC2. The Balaban J connectivity index is 1.66. The summed E-state index contributed by atoms with van der Waals surface area (Å²) in [5.74, 6) is 0. The second-order valence-electron chi connectivity index (χ2n) is 6.75. The van der Waals surface area contributed by atoms with Crippen LogP contribution in [0, 0.1) is 5.41 Å². The molecule has 3 aliphatic rings. The van der Waals surface area contributed by atoms with Gasteiger partial charge in [-0.1, -0.05) is 6.42 Å². The molecule has 0 aromatic rings. The Bertz CT molecular complexity index is 439. The van der Waals surface area contributed by atoms with Gasteiger partial charge in [-0.2, -0.15) is 0 Å². The minimum absolute atomic E-state index is 0.0465. The number of sulfonamides is 1. The van der Waals surface area contributed by atoms with Crippen LogP contribution in [-0.4, -0.2) is 58.0 Å². The van der Waals surface area contributed by atoms with Crippen LogP contribution in [0.2, 0.25) is 0 Å². The van der Waals surface area contributed by atoms with Crippen LogP contribution in [0.4, 0.5) is 0 Å². The number of likely N-dealkylation sites (tertiary alicyclic amines) is 1. The highest BCUT2D eigenvalue weighted by molar-refractivity contribution is 7.88. The molecule has 1 spiro atoms. The van der Waals surface area contributed by atoms with Gasteiger partial charge in [-0.3, -0.25) is 0 Å². The summed E-state index contributed by atoms with van der Waals surface area (Å²) in [6, 6.07) is 0.753. The minimum Gasteiger partial charge on any atom is -0.380 e. The van der Waals surface area contributed by atoms with E-state index in [1.807, 2.05) is 0 Å². The van der Waals surface area contributed by atoms with Crippen molar-refractivity contribution in [3.8, 4) is 0 Å².